The van der Waals surface area contributed by atoms with Crippen LogP contribution in [0.1, 0.15) is 32.1 Å². The zero-order chi connectivity index (χ0) is 10.1. The lowest BCUT2D eigenvalue weighted by molar-refractivity contribution is 0.0846. The highest BCUT2D eigenvalue weighted by Crippen LogP contribution is 2.34. The largest absolute Gasteiger partial charge is 0.437 e. The van der Waals surface area contributed by atoms with E-state index in [0.29, 0.717) is 18.1 Å². The van der Waals surface area contributed by atoms with Crippen LogP contribution in [0.2, 0.25) is 6.82 Å². The first-order chi connectivity index (χ1) is 6.72. The first-order valence-electron chi connectivity index (χ1n) is 5.85. The lowest BCUT2D eigenvalue weighted by atomic mass is 9.71. The van der Waals surface area contributed by atoms with Crippen molar-refractivity contribution in [2.75, 3.05) is 7.05 Å². The predicted molar refractivity (Wildman–Crippen MR) is 59.2 cm³/mol. The van der Waals surface area contributed by atoms with Crippen LogP contribution in [0.15, 0.2) is 0 Å². The smallest absolute Gasteiger partial charge is 0.376 e. The Labute approximate surface area is 87.0 Å². The van der Waals surface area contributed by atoms with Gasteiger partial charge in [-0.2, -0.15) is 0 Å². The molecule has 0 aromatic carbocycles. The van der Waals surface area contributed by atoms with Gasteiger partial charge in [-0.25, -0.2) is 0 Å². The number of nitrogens with one attached hydrogen (secondary N) is 1. The van der Waals surface area contributed by atoms with Crippen molar-refractivity contribution in [3.63, 3.8) is 0 Å². The van der Waals surface area contributed by atoms with Crippen molar-refractivity contribution in [3.05, 3.63) is 0 Å². The van der Waals surface area contributed by atoms with Gasteiger partial charge in [0.25, 0.3) is 0 Å². The van der Waals surface area contributed by atoms with Crippen LogP contribution in [-0.2, 0) is 0 Å². The van der Waals surface area contributed by atoms with Gasteiger partial charge in [0.05, 0.1) is 0 Å². The van der Waals surface area contributed by atoms with E-state index in [1.807, 2.05) is 6.82 Å². The molecule has 0 saturated carbocycles. The first-order valence-corrected chi connectivity index (χ1v) is 5.85. The normalized spacial score (nSPS) is 38.4. The van der Waals surface area contributed by atoms with Crippen molar-refractivity contribution in [1.82, 2.24) is 10.1 Å². The molecule has 0 aromatic heterocycles. The molecule has 0 spiro atoms. The van der Waals surface area contributed by atoms with Crippen molar-refractivity contribution < 1.29 is 5.02 Å². The second-order valence-electron chi connectivity index (χ2n) is 4.77. The third-order valence-electron chi connectivity index (χ3n) is 3.87. The minimum absolute atomic E-state index is 0.261. The molecule has 2 rings (SSSR count). The Hall–Kier alpha value is -0.0551. The molecule has 80 valence electrons. The molecule has 2 bridgehead atoms. The SMILES string of the molecule is CNC1CC2CCCC(C1)N2B(C)O. The number of hydrogen-bond acceptors (Lipinski definition) is 3. The molecular weight excluding hydrogens is 175 g/mol. The van der Waals surface area contributed by atoms with Crippen LogP contribution in [0.4, 0.5) is 0 Å². The van der Waals surface area contributed by atoms with Crippen LogP contribution in [0.25, 0.3) is 0 Å². The van der Waals surface area contributed by atoms with Gasteiger partial charge in [-0.1, -0.05) is 6.42 Å². The predicted octanol–water partition coefficient (Wildman–Crippen LogP) is 0.702. The Balaban J connectivity index is 2.07. The quantitative estimate of drug-likeness (QED) is 0.638. The summed E-state index contributed by atoms with van der Waals surface area (Å²) in [7, 11) is 1.79. The summed E-state index contributed by atoms with van der Waals surface area (Å²) in [5.74, 6) is 0. The fourth-order valence-electron chi connectivity index (χ4n) is 3.26. The summed E-state index contributed by atoms with van der Waals surface area (Å²) in [6, 6.07) is 1.89. The van der Waals surface area contributed by atoms with Crippen LogP contribution in [0.3, 0.4) is 0 Å². The Morgan fingerprint density at radius 2 is 1.86 bits per heavy atom. The van der Waals surface area contributed by atoms with E-state index in [2.05, 4.69) is 17.2 Å². The number of fused-ring (bicyclic) bond motifs is 2. The zero-order valence-corrected chi connectivity index (χ0v) is 9.24. The van der Waals surface area contributed by atoms with E-state index >= 15 is 0 Å². The molecule has 14 heavy (non-hydrogen) atoms. The van der Waals surface area contributed by atoms with Crippen LogP contribution in [0, 0.1) is 0 Å². The molecular formula is C10H21BN2O. The van der Waals surface area contributed by atoms with Gasteiger partial charge in [-0.05, 0) is 39.6 Å². The summed E-state index contributed by atoms with van der Waals surface area (Å²) in [4.78, 5) is 2.33. The van der Waals surface area contributed by atoms with Gasteiger partial charge in [0.2, 0.25) is 0 Å². The Morgan fingerprint density at radius 3 is 2.29 bits per heavy atom. The van der Waals surface area contributed by atoms with Gasteiger partial charge in [0.15, 0.2) is 0 Å². The summed E-state index contributed by atoms with van der Waals surface area (Å²) in [6.45, 7) is 1.91. The minimum Gasteiger partial charge on any atom is -0.437 e. The maximum absolute atomic E-state index is 9.75. The van der Waals surface area contributed by atoms with Gasteiger partial charge in [-0.3, -0.25) is 0 Å². The minimum atomic E-state index is -0.261. The fraction of sp³-hybridized carbons (Fsp3) is 1.00. The maximum Gasteiger partial charge on any atom is 0.376 e. The average molecular weight is 196 g/mol. The van der Waals surface area contributed by atoms with Gasteiger partial charge >= 0.3 is 7.05 Å². The third-order valence-corrected chi connectivity index (χ3v) is 3.87. The molecule has 3 nitrogen and oxygen atoms in total. The van der Waals surface area contributed by atoms with Crippen LogP contribution in [-0.4, -0.2) is 42.1 Å². The Morgan fingerprint density at radius 1 is 1.29 bits per heavy atom. The first kappa shape index (κ1) is 10.5. The van der Waals surface area contributed by atoms with E-state index in [1.165, 1.54) is 32.1 Å². The fourth-order valence-corrected chi connectivity index (χ4v) is 3.26. The van der Waals surface area contributed by atoms with Crippen molar-refractivity contribution in [1.29, 1.82) is 0 Å². The van der Waals surface area contributed by atoms with Crippen LogP contribution >= 0.6 is 0 Å². The molecule has 0 amide bonds. The van der Waals surface area contributed by atoms with Crippen molar-refractivity contribution in [2.45, 2.75) is 57.1 Å². The zero-order valence-electron chi connectivity index (χ0n) is 9.24. The monoisotopic (exact) mass is 196 g/mol. The molecule has 2 fully saturated rings. The van der Waals surface area contributed by atoms with E-state index in [-0.39, 0.29) is 7.05 Å². The molecule has 2 heterocycles. The number of rotatable bonds is 2. The second kappa shape index (κ2) is 4.21. The van der Waals surface area contributed by atoms with Crippen LogP contribution in [0.5, 0.6) is 0 Å². The highest BCUT2D eigenvalue weighted by Gasteiger charge is 2.40. The molecule has 2 N–H and O–H groups in total. The van der Waals surface area contributed by atoms with Crippen molar-refractivity contribution >= 4 is 7.05 Å². The molecule has 2 atom stereocenters. The lowest BCUT2D eigenvalue weighted by Gasteiger charge is -2.49. The molecule has 2 unspecified atom stereocenters. The molecule has 0 aromatic rings. The summed E-state index contributed by atoms with van der Waals surface area (Å²) >= 11 is 0. The van der Waals surface area contributed by atoms with E-state index < -0.39 is 0 Å². The molecule has 2 aliphatic heterocycles. The van der Waals surface area contributed by atoms with E-state index in [1.54, 1.807) is 0 Å². The van der Waals surface area contributed by atoms with E-state index in [4.69, 9.17) is 0 Å². The summed E-state index contributed by atoms with van der Waals surface area (Å²) in [5, 5.41) is 13.1. The van der Waals surface area contributed by atoms with E-state index in [0.717, 1.165) is 0 Å². The molecule has 2 saturated heterocycles. The molecule has 2 aliphatic rings. The lowest BCUT2D eigenvalue weighted by Crippen LogP contribution is -2.60. The van der Waals surface area contributed by atoms with Crippen molar-refractivity contribution in [3.8, 4) is 0 Å². The number of hydrogen-bond donors (Lipinski definition) is 2. The van der Waals surface area contributed by atoms with Crippen LogP contribution < -0.4 is 5.32 Å². The number of piperidine rings is 2. The summed E-state index contributed by atoms with van der Waals surface area (Å²) < 4.78 is 0. The van der Waals surface area contributed by atoms with Gasteiger partial charge in [0, 0.05) is 18.1 Å². The topological polar surface area (TPSA) is 35.5 Å². The van der Waals surface area contributed by atoms with Gasteiger partial charge in [0.1, 0.15) is 0 Å². The van der Waals surface area contributed by atoms with Crippen molar-refractivity contribution in [2.24, 2.45) is 0 Å². The molecule has 0 aliphatic carbocycles. The third kappa shape index (κ3) is 1.83. The maximum atomic E-state index is 9.75. The Kier molecular flexibility index (Phi) is 3.15. The number of nitrogens with zero attached hydrogens (tertiary/aromatic N) is 1. The average Bonchev–Trinajstić information content (AvgIpc) is 2.15. The van der Waals surface area contributed by atoms with E-state index in [9.17, 15) is 5.02 Å². The molecule has 0 radical (unpaired) electrons. The van der Waals surface area contributed by atoms with Gasteiger partial charge < -0.3 is 15.2 Å². The Bertz CT molecular complexity index is 187. The highest BCUT2D eigenvalue weighted by molar-refractivity contribution is 6.45. The summed E-state index contributed by atoms with van der Waals surface area (Å²) in [6.07, 6.45) is 6.28. The second-order valence-corrected chi connectivity index (χ2v) is 4.77. The van der Waals surface area contributed by atoms with Gasteiger partial charge in [-0.15, -0.1) is 0 Å². The standard InChI is InChI=1S/C10H21BN2O/c1-11(14)13-9-4-3-5-10(13)7-8(6-9)12-2/h8-10,12,14H,3-7H2,1-2H3. The highest BCUT2D eigenvalue weighted by atomic mass is 16.2. The molecule has 4 heteroatoms. The summed E-state index contributed by atoms with van der Waals surface area (Å²) in [5.41, 5.74) is 0.